The maximum absolute atomic E-state index is 13.2. The number of methoxy groups -OCH3 is 3. The first kappa shape index (κ1) is 50.6. The van der Waals surface area contributed by atoms with E-state index in [9.17, 15) is 9.59 Å². The zero-order chi connectivity index (χ0) is 46.9. The summed E-state index contributed by atoms with van der Waals surface area (Å²) < 4.78 is 46.2. The monoisotopic (exact) mass is 928 g/mol. The van der Waals surface area contributed by atoms with Crippen molar-refractivity contribution < 1.29 is 46.2 Å². The van der Waals surface area contributed by atoms with Gasteiger partial charge in [0.25, 0.3) is 0 Å². The molecule has 4 aromatic rings. The van der Waals surface area contributed by atoms with Crippen LogP contribution in [0.5, 0.6) is 28.7 Å². The molecule has 1 fully saturated rings. The number of benzene rings is 4. The zero-order valence-electron chi connectivity index (χ0n) is 40.6. The van der Waals surface area contributed by atoms with Crippen molar-refractivity contribution in [1.82, 2.24) is 0 Å². The van der Waals surface area contributed by atoms with Gasteiger partial charge in [0.2, 0.25) is 0 Å². The largest absolute Gasteiger partial charge is 0.519 e. The van der Waals surface area contributed by atoms with Crippen LogP contribution in [0.15, 0.2) is 84.9 Å². The normalized spacial score (nSPS) is 17.6. The van der Waals surface area contributed by atoms with Crippen molar-refractivity contribution in [2.75, 3.05) is 21.3 Å². The molecule has 1 aliphatic rings. The molecule has 64 heavy (non-hydrogen) atoms. The Bertz CT molecular complexity index is 2210. The second kappa shape index (κ2) is 21.3. The van der Waals surface area contributed by atoms with Gasteiger partial charge in [0.15, 0.2) is 39.6 Å². The van der Waals surface area contributed by atoms with Crippen LogP contribution in [0.2, 0.25) is 51.4 Å². The molecule has 0 saturated heterocycles. The Morgan fingerprint density at radius 2 is 1.11 bits per heavy atom. The highest BCUT2D eigenvalue weighted by atomic mass is 28.5. The molecule has 0 aliphatic heterocycles. The van der Waals surface area contributed by atoms with Crippen LogP contribution in [-0.4, -0.2) is 58.8 Å². The molecule has 0 amide bonds. The van der Waals surface area contributed by atoms with Crippen LogP contribution in [0, 0.1) is 18.3 Å². The van der Waals surface area contributed by atoms with Gasteiger partial charge in [0.05, 0.1) is 21.3 Å². The van der Waals surface area contributed by atoms with Crippen molar-refractivity contribution in [3.05, 3.63) is 113 Å². The molecule has 2 unspecified atom stereocenters. The van der Waals surface area contributed by atoms with Crippen LogP contribution >= 0.6 is 0 Å². The highest BCUT2D eigenvalue weighted by molar-refractivity contribution is 6.87. The molecule has 2 atom stereocenters. The van der Waals surface area contributed by atoms with Gasteiger partial charge in [-0.1, -0.05) is 75.4 Å². The van der Waals surface area contributed by atoms with E-state index in [0.29, 0.717) is 34.7 Å². The lowest BCUT2D eigenvalue weighted by molar-refractivity contribution is 0.107. The molecule has 0 aromatic heterocycles. The summed E-state index contributed by atoms with van der Waals surface area (Å²) in [5.74, 6) is 2.62. The Kier molecular flexibility index (Phi) is 16.8. The van der Waals surface area contributed by atoms with Gasteiger partial charge in [-0.05, 0) is 173 Å². The minimum atomic E-state index is -2.42. The van der Waals surface area contributed by atoms with E-state index < -0.39 is 37.5 Å². The van der Waals surface area contributed by atoms with Crippen molar-refractivity contribution >= 4 is 37.5 Å². The van der Waals surface area contributed by atoms with Crippen molar-refractivity contribution in [3.8, 4) is 28.7 Å². The summed E-state index contributed by atoms with van der Waals surface area (Å²) in [5, 5.41) is 0. The van der Waals surface area contributed by atoms with Crippen molar-refractivity contribution in [2.45, 2.75) is 129 Å². The van der Waals surface area contributed by atoms with E-state index in [4.69, 9.17) is 31.9 Å². The number of hydrogen-bond acceptors (Lipinski definition) is 10. The molecule has 13 heteroatoms. The van der Waals surface area contributed by atoms with E-state index in [0.717, 1.165) is 73.7 Å². The van der Waals surface area contributed by atoms with E-state index in [2.05, 4.69) is 107 Å². The predicted octanol–water partition coefficient (Wildman–Crippen LogP) is 13.6. The Hall–Kier alpha value is -4.41. The maximum atomic E-state index is 13.2. The van der Waals surface area contributed by atoms with E-state index in [1.807, 2.05) is 37.3 Å². The van der Waals surface area contributed by atoms with Crippen LogP contribution in [0.25, 0.3) is 0 Å². The molecule has 10 nitrogen and oxygen atoms in total. The molecule has 4 aromatic carbocycles. The standard InChI is InChI=1S/C51H72O10Si3/c1-37-33-42(51(41-21-15-14-16-22-41)30-29-50(3,4)38(2)36-51)25-28-43(37)57-49(53)59-45-27-24-40(35-47(45)55-6)20-18-32-63(10,11)61-64(12,13)60-62(8,9)31-17-19-39-23-26-44(46(34-39)54-5)58-48(52)56-7/h14-16,21-28,33-35,38H,17-20,29-32,36H2,1-13H3. The minimum Gasteiger partial charge on any atom is -0.493 e. The molecule has 0 heterocycles. The van der Waals surface area contributed by atoms with E-state index >= 15 is 0 Å². The van der Waals surface area contributed by atoms with Gasteiger partial charge in [0.1, 0.15) is 5.75 Å². The SMILES string of the molecule is COC(=O)Oc1ccc(CCC[Si](C)(C)O[Si](C)(C)O[Si](C)(C)CCCc2ccc(OC(=O)Oc3ccc(C4(c5ccccc5)CCC(C)(C)C(C)C4)cc3C)c(OC)c2)cc1OC. The third kappa shape index (κ3) is 13.6. The number of carbonyl (C=O) groups excluding carboxylic acids is 2. The highest BCUT2D eigenvalue weighted by Gasteiger charge is 2.45. The van der Waals surface area contributed by atoms with Gasteiger partial charge in [0, 0.05) is 5.41 Å². The number of aryl methyl sites for hydroxylation is 3. The fourth-order valence-electron chi connectivity index (χ4n) is 9.32. The van der Waals surface area contributed by atoms with Gasteiger partial charge >= 0.3 is 20.9 Å². The first-order valence-electron chi connectivity index (χ1n) is 22.7. The molecular weight excluding hydrogens is 857 g/mol. The lowest BCUT2D eigenvalue weighted by Crippen LogP contribution is -2.52. The number of rotatable bonds is 19. The van der Waals surface area contributed by atoms with Crippen LogP contribution in [0.3, 0.4) is 0 Å². The van der Waals surface area contributed by atoms with Gasteiger partial charge in [-0.25, -0.2) is 9.59 Å². The Labute approximate surface area is 385 Å². The quantitative estimate of drug-likeness (QED) is 0.0512. The molecule has 1 aliphatic carbocycles. The average Bonchev–Trinajstić information content (AvgIpc) is 3.22. The summed E-state index contributed by atoms with van der Waals surface area (Å²) in [7, 11) is -2.12. The highest BCUT2D eigenvalue weighted by Crippen LogP contribution is 2.53. The number of hydrogen-bond donors (Lipinski definition) is 0. The van der Waals surface area contributed by atoms with E-state index in [1.165, 1.54) is 18.2 Å². The van der Waals surface area contributed by atoms with Crippen molar-refractivity contribution in [1.29, 1.82) is 0 Å². The van der Waals surface area contributed by atoms with Crippen molar-refractivity contribution in [3.63, 3.8) is 0 Å². The van der Waals surface area contributed by atoms with Gasteiger partial charge in [-0.15, -0.1) is 0 Å². The smallest absolute Gasteiger partial charge is 0.493 e. The molecule has 5 rings (SSSR count). The third-order valence-corrected chi connectivity index (χ3v) is 24.4. The molecule has 0 N–H and O–H groups in total. The summed E-state index contributed by atoms with van der Waals surface area (Å²) >= 11 is 0. The maximum Gasteiger partial charge on any atom is 0.519 e. The average molecular weight is 929 g/mol. The summed E-state index contributed by atoms with van der Waals surface area (Å²) in [5.41, 5.74) is 5.83. The van der Waals surface area contributed by atoms with Crippen LogP contribution in [0.4, 0.5) is 9.59 Å². The summed E-state index contributed by atoms with van der Waals surface area (Å²) in [6.07, 6.45) is 5.24. The molecule has 1 saturated carbocycles. The van der Waals surface area contributed by atoms with Gasteiger partial charge in [-0.2, -0.15) is 0 Å². The number of ether oxygens (including phenoxy) is 6. The van der Waals surface area contributed by atoms with Gasteiger partial charge in [-0.3, -0.25) is 0 Å². The predicted molar refractivity (Wildman–Crippen MR) is 262 cm³/mol. The topological polar surface area (TPSA) is 108 Å². The Morgan fingerprint density at radius 3 is 1.59 bits per heavy atom. The fraction of sp³-hybridized carbons (Fsp3) is 0.490. The van der Waals surface area contributed by atoms with E-state index in [1.54, 1.807) is 26.4 Å². The first-order valence-corrected chi connectivity index (χ1v) is 31.7. The lowest BCUT2D eigenvalue weighted by Gasteiger charge is -2.48. The summed E-state index contributed by atoms with van der Waals surface area (Å²) in [6.45, 7) is 22.6. The molecule has 348 valence electrons. The lowest BCUT2D eigenvalue weighted by atomic mass is 9.55. The second-order valence-electron chi connectivity index (χ2n) is 19.8. The molecule has 0 bridgehead atoms. The van der Waals surface area contributed by atoms with Crippen LogP contribution in [-0.2, 0) is 31.2 Å². The Morgan fingerprint density at radius 1 is 0.609 bits per heavy atom. The minimum absolute atomic E-state index is 0.105. The third-order valence-electron chi connectivity index (χ3n) is 13.0. The summed E-state index contributed by atoms with van der Waals surface area (Å²) in [6, 6.07) is 30.3. The van der Waals surface area contributed by atoms with Crippen molar-refractivity contribution in [2.24, 2.45) is 11.3 Å². The first-order chi connectivity index (χ1) is 30.1. The van der Waals surface area contributed by atoms with Gasteiger partial charge < -0.3 is 36.7 Å². The van der Waals surface area contributed by atoms with Crippen LogP contribution < -0.4 is 23.7 Å². The zero-order valence-corrected chi connectivity index (χ0v) is 43.6. The van der Waals surface area contributed by atoms with Crippen LogP contribution in [0.1, 0.15) is 80.7 Å². The molecular formula is C51H72O10Si3. The summed E-state index contributed by atoms with van der Waals surface area (Å²) in [4.78, 5) is 24.8. The number of carbonyl (C=O) groups is 2. The fourth-order valence-corrected chi connectivity index (χ4v) is 23.4. The molecule has 0 radical (unpaired) electrons. The second-order valence-corrected chi connectivity index (χ2v) is 32.3. The van der Waals surface area contributed by atoms with E-state index in [-0.39, 0.29) is 10.8 Å². The molecule has 0 spiro atoms. The Balaban J connectivity index is 1.11.